The number of rotatable bonds is 3. The third-order valence-corrected chi connectivity index (χ3v) is 5.19. The zero-order valence-electron chi connectivity index (χ0n) is 13.1. The van der Waals surface area contributed by atoms with Crippen LogP contribution in [0.5, 0.6) is 0 Å². The van der Waals surface area contributed by atoms with Crippen molar-refractivity contribution in [2.24, 2.45) is 0 Å². The highest BCUT2D eigenvalue weighted by Gasteiger charge is 2.23. The van der Waals surface area contributed by atoms with Crippen molar-refractivity contribution >= 4 is 23.2 Å². The monoisotopic (exact) mass is 357 g/mol. The minimum Gasteiger partial charge on any atom is -0.294 e. The molecule has 0 saturated carbocycles. The van der Waals surface area contributed by atoms with Gasteiger partial charge in [-0.25, -0.2) is 0 Å². The van der Waals surface area contributed by atoms with Gasteiger partial charge in [0.1, 0.15) is 0 Å². The maximum absolute atomic E-state index is 6.17. The molecule has 0 fully saturated rings. The molecule has 1 aromatic heterocycles. The van der Waals surface area contributed by atoms with E-state index in [1.807, 2.05) is 18.2 Å². The van der Waals surface area contributed by atoms with Crippen molar-refractivity contribution < 1.29 is 0 Å². The molecule has 2 heterocycles. The molecule has 0 aliphatic carbocycles. The number of nitrogens with one attached hydrogen (secondary N) is 1. The second-order valence-corrected chi connectivity index (χ2v) is 6.92. The Kier molecular flexibility index (Phi) is 4.31. The molecule has 0 saturated heterocycles. The summed E-state index contributed by atoms with van der Waals surface area (Å²) in [7, 11) is 0. The van der Waals surface area contributed by atoms with Crippen molar-refractivity contribution in [3.8, 4) is 11.3 Å². The first kappa shape index (κ1) is 15.7. The van der Waals surface area contributed by atoms with E-state index in [0.717, 1.165) is 37.3 Å². The maximum atomic E-state index is 6.17. The first-order valence-corrected chi connectivity index (χ1v) is 8.74. The van der Waals surface area contributed by atoms with Crippen LogP contribution in [0.1, 0.15) is 16.8 Å². The number of aromatic amines is 1. The summed E-state index contributed by atoms with van der Waals surface area (Å²) in [6.45, 7) is 2.87. The Bertz CT molecular complexity index is 858. The second kappa shape index (κ2) is 6.60. The molecule has 0 spiro atoms. The van der Waals surface area contributed by atoms with Crippen molar-refractivity contribution in [2.45, 2.75) is 19.5 Å². The van der Waals surface area contributed by atoms with E-state index < -0.39 is 0 Å². The van der Waals surface area contributed by atoms with Crippen molar-refractivity contribution in [1.29, 1.82) is 0 Å². The summed E-state index contributed by atoms with van der Waals surface area (Å²) in [6.07, 6.45) is 0.983. The lowest BCUT2D eigenvalue weighted by Crippen LogP contribution is -2.29. The minimum absolute atomic E-state index is 0.558. The molecule has 1 aliphatic heterocycles. The van der Waals surface area contributed by atoms with E-state index in [2.05, 4.69) is 45.4 Å². The molecule has 24 heavy (non-hydrogen) atoms. The maximum Gasteiger partial charge on any atom is 0.0969 e. The number of halogens is 2. The van der Waals surface area contributed by atoms with E-state index in [1.165, 1.54) is 16.8 Å². The summed E-state index contributed by atoms with van der Waals surface area (Å²) in [5.74, 6) is 0. The molecule has 1 aliphatic rings. The lowest BCUT2D eigenvalue weighted by molar-refractivity contribution is 0.245. The smallest absolute Gasteiger partial charge is 0.0969 e. The van der Waals surface area contributed by atoms with Gasteiger partial charge in [-0.15, -0.1) is 0 Å². The number of H-pyrrole nitrogens is 1. The average Bonchev–Trinajstić information content (AvgIpc) is 3.01. The lowest BCUT2D eigenvalue weighted by atomic mass is 10.0. The molecule has 0 radical (unpaired) electrons. The van der Waals surface area contributed by atoms with Gasteiger partial charge in [0.2, 0.25) is 0 Å². The van der Waals surface area contributed by atoms with Crippen LogP contribution < -0.4 is 0 Å². The van der Waals surface area contributed by atoms with Crippen LogP contribution in [0.3, 0.4) is 0 Å². The molecule has 122 valence electrons. The van der Waals surface area contributed by atoms with Crippen molar-refractivity contribution in [2.75, 3.05) is 6.54 Å². The normalized spacial score (nSPS) is 14.6. The third-order valence-electron chi connectivity index (χ3n) is 4.45. The minimum atomic E-state index is 0.558. The van der Waals surface area contributed by atoms with Crippen LogP contribution in [0.4, 0.5) is 0 Å². The summed E-state index contributed by atoms with van der Waals surface area (Å²) in [5.41, 5.74) is 5.79. The summed E-state index contributed by atoms with van der Waals surface area (Å²) in [5, 5.41) is 8.84. The van der Waals surface area contributed by atoms with Gasteiger partial charge in [0.25, 0.3) is 0 Å². The zero-order chi connectivity index (χ0) is 16.5. The van der Waals surface area contributed by atoms with Crippen LogP contribution in [-0.4, -0.2) is 21.6 Å². The zero-order valence-corrected chi connectivity index (χ0v) is 14.6. The number of hydrogen-bond donors (Lipinski definition) is 1. The fraction of sp³-hybridized carbons (Fsp3) is 0.211. The van der Waals surface area contributed by atoms with E-state index >= 15 is 0 Å². The SMILES string of the molecule is Clc1ccc(-c2n[nH]c3c2CN(Cc2ccccc2)CC3)cc1Cl. The molecule has 0 unspecified atom stereocenters. The largest absolute Gasteiger partial charge is 0.294 e. The second-order valence-electron chi connectivity index (χ2n) is 6.10. The number of hydrogen-bond acceptors (Lipinski definition) is 2. The van der Waals surface area contributed by atoms with Gasteiger partial charge >= 0.3 is 0 Å². The highest BCUT2D eigenvalue weighted by Crippen LogP contribution is 2.32. The van der Waals surface area contributed by atoms with E-state index in [-0.39, 0.29) is 0 Å². The molecular weight excluding hydrogens is 341 g/mol. The lowest BCUT2D eigenvalue weighted by Gasteiger charge is -2.27. The Balaban J connectivity index is 1.61. The number of fused-ring (bicyclic) bond motifs is 1. The summed E-state index contributed by atoms with van der Waals surface area (Å²) >= 11 is 12.2. The molecule has 4 rings (SSSR count). The van der Waals surface area contributed by atoms with Gasteiger partial charge in [-0.1, -0.05) is 59.6 Å². The Labute approximate surface area is 151 Å². The van der Waals surface area contributed by atoms with Gasteiger partial charge in [-0.3, -0.25) is 10.00 Å². The Hall–Kier alpha value is -1.81. The van der Waals surface area contributed by atoms with Gasteiger partial charge in [-0.05, 0) is 17.7 Å². The van der Waals surface area contributed by atoms with Crippen molar-refractivity contribution in [3.63, 3.8) is 0 Å². The van der Waals surface area contributed by atoms with E-state index in [4.69, 9.17) is 23.2 Å². The fourth-order valence-corrected chi connectivity index (χ4v) is 3.51. The van der Waals surface area contributed by atoms with Gasteiger partial charge in [0, 0.05) is 42.9 Å². The molecule has 2 aromatic carbocycles. The number of benzene rings is 2. The topological polar surface area (TPSA) is 31.9 Å². The standard InChI is InChI=1S/C19H17Cl2N3/c20-16-7-6-14(10-17(16)21)19-15-12-24(9-8-18(15)22-23-19)11-13-4-2-1-3-5-13/h1-7,10H,8-9,11-12H2,(H,22,23). The van der Waals surface area contributed by atoms with Crippen LogP contribution in [0.25, 0.3) is 11.3 Å². The molecule has 0 amide bonds. The summed E-state index contributed by atoms with van der Waals surface area (Å²) in [6, 6.07) is 16.3. The highest BCUT2D eigenvalue weighted by molar-refractivity contribution is 6.42. The van der Waals surface area contributed by atoms with Crippen LogP contribution in [-0.2, 0) is 19.5 Å². The molecule has 1 N–H and O–H groups in total. The van der Waals surface area contributed by atoms with Gasteiger partial charge < -0.3 is 0 Å². The van der Waals surface area contributed by atoms with E-state index in [9.17, 15) is 0 Å². The Morgan fingerprint density at radius 3 is 2.67 bits per heavy atom. The van der Waals surface area contributed by atoms with Crippen molar-refractivity contribution in [3.05, 3.63) is 75.4 Å². The Morgan fingerprint density at radius 1 is 1.04 bits per heavy atom. The molecule has 3 nitrogen and oxygen atoms in total. The summed E-state index contributed by atoms with van der Waals surface area (Å²) in [4.78, 5) is 2.45. The van der Waals surface area contributed by atoms with Crippen LogP contribution in [0.15, 0.2) is 48.5 Å². The number of aromatic nitrogens is 2. The van der Waals surface area contributed by atoms with Crippen LogP contribution in [0, 0.1) is 0 Å². The van der Waals surface area contributed by atoms with Gasteiger partial charge in [-0.2, -0.15) is 5.10 Å². The highest BCUT2D eigenvalue weighted by atomic mass is 35.5. The first-order chi connectivity index (χ1) is 11.7. The number of nitrogens with zero attached hydrogens (tertiary/aromatic N) is 2. The molecule has 0 atom stereocenters. The predicted octanol–water partition coefficient (Wildman–Crippen LogP) is 4.94. The van der Waals surface area contributed by atoms with Crippen LogP contribution in [0.2, 0.25) is 10.0 Å². The first-order valence-electron chi connectivity index (χ1n) is 7.98. The molecule has 3 aromatic rings. The summed E-state index contributed by atoms with van der Waals surface area (Å²) < 4.78 is 0. The molecular formula is C19H17Cl2N3. The van der Waals surface area contributed by atoms with Crippen LogP contribution >= 0.6 is 23.2 Å². The van der Waals surface area contributed by atoms with Gasteiger partial charge in [0.15, 0.2) is 0 Å². The fourth-order valence-electron chi connectivity index (χ4n) is 3.21. The molecule has 0 bridgehead atoms. The van der Waals surface area contributed by atoms with Gasteiger partial charge in [0.05, 0.1) is 15.7 Å². The molecule has 5 heteroatoms. The van der Waals surface area contributed by atoms with Crippen molar-refractivity contribution in [1.82, 2.24) is 15.1 Å². The third kappa shape index (κ3) is 3.07. The predicted molar refractivity (Wildman–Crippen MR) is 98.3 cm³/mol. The Morgan fingerprint density at radius 2 is 1.88 bits per heavy atom. The van der Waals surface area contributed by atoms with E-state index in [1.54, 1.807) is 0 Å². The van der Waals surface area contributed by atoms with E-state index in [0.29, 0.717) is 10.0 Å². The average molecular weight is 358 g/mol. The quantitative estimate of drug-likeness (QED) is 0.719.